The summed E-state index contributed by atoms with van der Waals surface area (Å²) in [5.41, 5.74) is 3.82. The molecule has 0 unspecified atom stereocenters. The maximum atomic E-state index is 14.1. The highest BCUT2D eigenvalue weighted by molar-refractivity contribution is 7.91. The molecule has 0 aliphatic carbocycles. The van der Waals surface area contributed by atoms with Crippen molar-refractivity contribution in [2.75, 3.05) is 5.75 Å². The highest BCUT2D eigenvalue weighted by Gasteiger charge is 2.30. The van der Waals surface area contributed by atoms with E-state index >= 15 is 0 Å². The minimum absolute atomic E-state index is 0.0359. The van der Waals surface area contributed by atoms with Crippen LogP contribution < -0.4 is 0 Å². The summed E-state index contributed by atoms with van der Waals surface area (Å²) >= 11 is 24.1. The number of sulfonamides is 1. The van der Waals surface area contributed by atoms with E-state index in [1.165, 1.54) is 16.4 Å². The van der Waals surface area contributed by atoms with Crippen molar-refractivity contribution in [1.29, 1.82) is 0 Å². The molecule has 0 atom stereocenters. The molecular formula is C34H27Cl4NO6S2. The predicted octanol–water partition coefficient (Wildman–Crippen LogP) is 8.79. The minimum atomic E-state index is -4.37. The number of hydrogen-bond donors (Lipinski definition) is 2. The highest BCUT2D eigenvalue weighted by Crippen LogP contribution is 2.37. The van der Waals surface area contributed by atoms with Gasteiger partial charge in [-0.15, -0.1) is 0 Å². The molecule has 0 radical (unpaired) electrons. The number of sulfone groups is 1. The molecule has 13 heteroatoms. The van der Waals surface area contributed by atoms with E-state index in [0.717, 1.165) is 23.3 Å². The van der Waals surface area contributed by atoms with Crippen LogP contribution in [0.3, 0.4) is 0 Å². The van der Waals surface area contributed by atoms with Gasteiger partial charge in [-0.3, -0.25) is 0 Å². The molecule has 7 nitrogen and oxygen atoms in total. The fourth-order valence-corrected chi connectivity index (χ4v) is 9.18. The zero-order valence-corrected chi connectivity index (χ0v) is 29.1. The standard InChI is InChI=1S/C34H27Cl4NO6S2/c35-27-16-29(37)33(40)31(18-27)46(42,43)14-13-22-5-4-6-24(15-22)21-39(47(44,45)32-19-28(36)17-30(38)34(32)41)20-23-9-11-26(12-10-23)25-7-2-1-3-8-25/h1-12,15-19,40-41H,13-14,20-21H2. The van der Waals surface area contributed by atoms with Crippen LogP contribution in [0.2, 0.25) is 20.1 Å². The Balaban J connectivity index is 1.44. The van der Waals surface area contributed by atoms with Crippen molar-refractivity contribution < 1.29 is 27.0 Å². The number of rotatable bonds is 11. The summed E-state index contributed by atoms with van der Waals surface area (Å²) in [5.74, 6) is -1.57. The largest absolute Gasteiger partial charge is 0.505 e. The molecule has 0 heterocycles. The van der Waals surface area contributed by atoms with Crippen LogP contribution in [0.4, 0.5) is 0 Å². The van der Waals surface area contributed by atoms with Crippen LogP contribution >= 0.6 is 46.4 Å². The van der Waals surface area contributed by atoms with Gasteiger partial charge in [0.15, 0.2) is 21.3 Å². The maximum absolute atomic E-state index is 14.1. The zero-order chi connectivity index (χ0) is 33.9. The number of nitrogens with zero attached hydrogens (tertiary/aromatic N) is 1. The molecule has 0 spiro atoms. The summed E-state index contributed by atoms with van der Waals surface area (Å²) in [7, 11) is -8.35. The Morgan fingerprint density at radius 1 is 0.553 bits per heavy atom. The summed E-state index contributed by atoms with van der Waals surface area (Å²) in [4.78, 5) is -0.820. The van der Waals surface area contributed by atoms with Gasteiger partial charge in [-0.2, -0.15) is 4.31 Å². The second kappa shape index (κ2) is 14.5. The van der Waals surface area contributed by atoms with Gasteiger partial charge < -0.3 is 10.2 Å². The van der Waals surface area contributed by atoms with Crippen LogP contribution in [0, 0.1) is 0 Å². The van der Waals surface area contributed by atoms with Crippen LogP contribution in [-0.4, -0.2) is 37.1 Å². The van der Waals surface area contributed by atoms with Crippen LogP contribution in [0.15, 0.2) is 113 Å². The lowest BCUT2D eigenvalue weighted by Crippen LogP contribution is -2.30. The van der Waals surface area contributed by atoms with Crippen LogP contribution in [0.25, 0.3) is 11.1 Å². The van der Waals surface area contributed by atoms with Crippen LogP contribution in [0.1, 0.15) is 16.7 Å². The number of hydrogen-bond acceptors (Lipinski definition) is 6. The molecular weight excluding hydrogens is 724 g/mol. The van der Waals surface area contributed by atoms with Crippen molar-refractivity contribution in [1.82, 2.24) is 4.31 Å². The molecule has 0 aromatic heterocycles. The fourth-order valence-electron chi connectivity index (χ4n) is 4.97. The number of halogens is 4. The SMILES string of the molecule is O=S(=O)(CCc1cccc(CN(Cc2ccc(-c3ccccc3)cc2)S(=O)(=O)c2cc(Cl)cc(Cl)c2O)c1)c1cc(Cl)cc(Cl)c1O. The quantitative estimate of drug-likeness (QED) is 0.140. The summed E-state index contributed by atoms with van der Waals surface area (Å²) in [6.07, 6.45) is 0.0537. The van der Waals surface area contributed by atoms with Gasteiger partial charge in [0.05, 0.1) is 15.8 Å². The number of benzene rings is 5. The van der Waals surface area contributed by atoms with E-state index in [-0.39, 0.29) is 50.2 Å². The van der Waals surface area contributed by atoms with Gasteiger partial charge in [0.25, 0.3) is 0 Å². The van der Waals surface area contributed by atoms with Crippen molar-refractivity contribution in [2.24, 2.45) is 0 Å². The average Bonchev–Trinajstić information content (AvgIpc) is 3.04. The third kappa shape index (κ3) is 8.24. The van der Waals surface area contributed by atoms with Gasteiger partial charge >= 0.3 is 0 Å². The normalized spacial score (nSPS) is 12.0. The molecule has 5 rings (SSSR count). The molecule has 0 fully saturated rings. The molecule has 5 aromatic rings. The summed E-state index contributed by atoms with van der Waals surface area (Å²) in [5, 5.41) is 20.6. The molecule has 2 N–H and O–H groups in total. The summed E-state index contributed by atoms with van der Waals surface area (Å²) < 4.78 is 55.5. The first kappa shape index (κ1) is 35.0. The summed E-state index contributed by atoms with van der Waals surface area (Å²) in [6.45, 7) is -0.188. The first-order valence-corrected chi connectivity index (χ1v) is 18.7. The van der Waals surface area contributed by atoms with Gasteiger partial charge in [0, 0.05) is 23.1 Å². The lowest BCUT2D eigenvalue weighted by atomic mass is 10.0. The van der Waals surface area contributed by atoms with E-state index in [4.69, 9.17) is 46.4 Å². The number of aromatic hydroxyl groups is 2. The third-order valence-electron chi connectivity index (χ3n) is 7.37. The average molecular weight is 752 g/mol. The third-order valence-corrected chi connectivity index (χ3v) is 11.9. The smallest absolute Gasteiger partial charge is 0.247 e. The Kier molecular flexibility index (Phi) is 10.8. The predicted molar refractivity (Wildman–Crippen MR) is 187 cm³/mol. The highest BCUT2D eigenvalue weighted by atomic mass is 35.5. The van der Waals surface area contributed by atoms with E-state index in [1.807, 2.05) is 54.6 Å². The Morgan fingerprint density at radius 2 is 1.09 bits per heavy atom. The second-order valence-corrected chi connectivity index (χ2v) is 16.4. The van der Waals surface area contributed by atoms with Gasteiger partial charge in [-0.05, 0) is 58.5 Å². The number of phenolic OH excluding ortho intramolecular Hbond substituents is 2. The van der Waals surface area contributed by atoms with Gasteiger partial charge in [0.2, 0.25) is 10.0 Å². The van der Waals surface area contributed by atoms with Crippen molar-refractivity contribution in [3.8, 4) is 22.6 Å². The molecule has 0 aliphatic heterocycles. The van der Waals surface area contributed by atoms with E-state index in [2.05, 4.69) is 0 Å². The molecule has 0 aliphatic rings. The van der Waals surface area contributed by atoms with Gasteiger partial charge in [-0.1, -0.05) is 125 Å². The van der Waals surface area contributed by atoms with Crippen molar-refractivity contribution >= 4 is 66.3 Å². The fraction of sp³-hybridized carbons (Fsp3) is 0.118. The molecule has 0 amide bonds. The monoisotopic (exact) mass is 749 g/mol. The Hall–Kier alpha value is -3.28. The number of phenols is 2. The van der Waals surface area contributed by atoms with Crippen molar-refractivity contribution in [2.45, 2.75) is 29.3 Å². The van der Waals surface area contributed by atoms with Gasteiger partial charge in [-0.25, -0.2) is 16.8 Å². The minimum Gasteiger partial charge on any atom is -0.505 e. The first-order valence-electron chi connectivity index (χ1n) is 14.1. The van der Waals surface area contributed by atoms with Crippen molar-refractivity contribution in [3.05, 3.63) is 140 Å². The summed E-state index contributed by atoms with van der Waals surface area (Å²) in [6, 6.07) is 28.8. The Labute approximate surface area is 293 Å². The van der Waals surface area contributed by atoms with Crippen LogP contribution in [0.5, 0.6) is 11.5 Å². The molecule has 47 heavy (non-hydrogen) atoms. The van der Waals surface area contributed by atoms with E-state index in [0.29, 0.717) is 16.7 Å². The lowest BCUT2D eigenvalue weighted by molar-refractivity contribution is 0.394. The second-order valence-electron chi connectivity index (χ2n) is 10.7. The van der Waals surface area contributed by atoms with E-state index < -0.39 is 36.3 Å². The zero-order valence-electron chi connectivity index (χ0n) is 24.4. The van der Waals surface area contributed by atoms with E-state index in [1.54, 1.807) is 24.3 Å². The molecule has 0 saturated carbocycles. The van der Waals surface area contributed by atoms with E-state index in [9.17, 15) is 27.0 Å². The number of aryl methyl sites for hydroxylation is 1. The Bertz CT molecular complexity index is 2140. The molecule has 5 aromatic carbocycles. The van der Waals surface area contributed by atoms with Gasteiger partial charge in [0.1, 0.15) is 9.79 Å². The Morgan fingerprint density at radius 3 is 1.72 bits per heavy atom. The van der Waals surface area contributed by atoms with Crippen LogP contribution in [-0.2, 0) is 39.4 Å². The molecule has 244 valence electrons. The topological polar surface area (TPSA) is 112 Å². The molecule has 0 saturated heterocycles. The maximum Gasteiger partial charge on any atom is 0.247 e. The van der Waals surface area contributed by atoms with Crippen molar-refractivity contribution in [3.63, 3.8) is 0 Å². The first-order chi connectivity index (χ1) is 22.2. The lowest BCUT2D eigenvalue weighted by Gasteiger charge is -2.24. The molecule has 0 bridgehead atoms.